The lowest BCUT2D eigenvalue weighted by Gasteiger charge is -2.22. The van der Waals surface area contributed by atoms with Gasteiger partial charge in [-0.25, -0.2) is 13.1 Å². The van der Waals surface area contributed by atoms with Crippen LogP contribution in [-0.2, 0) is 14.8 Å². The van der Waals surface area contributed by atoms with Crippen molar-refractivity contribution in [3.63, 3.8) is 0 Å². The van der Waals surface area contributed by atoms with Crippen LogP contribution in [0.15, 0.2) is 0 Å². The van der Waals surface area contributed by atoms with Gasteiger partial charge in [-0.1, -0.05) is 0 Å². The zero-order chi connectivity index (χ0) is 9.95. The molecular formula is C7H14ClNO3S. The van der Waals surface area contributed by atoms with Crippen LogP contribution in [0.1, 0.15) is 19.8 Å². The van der Waals surface area contributed by atoms with Crippen LogP contribution in [0.3, 0.4) is 0 Å². The maximum Gasteiger partial charge on any atom is 0.225 e. The first-order valence-corrected chi connectivity index (χ1v) is 6.33. The predicted octanol–water partition coefficient (Wildman–Crippen LogP) is 0.671. The highest BCUT2D eigenvalue weighted by molar-refractivity contribution is 7.90. The summed E-state index contributed by atoms with van der Waals surface area (Å²) in [7, 11) is -3.31. The third-order valence-corrected chi connectivity index (χ3v) is 3.84. The quantitative estimate of drug-likeness (QED) is 0.719. The molecule has 13 heavy (non-hydrogen) atoms. The molecule has 0 aromatic carbocycles. The van der Waals surface area contributed by atoms with Crippen molar-refractivity contribution in [2.45, 2.75) is 25.4 Å². The minimum Gasteiger partial charge on any atom is -0.374 e. The normalized spacial score (nSPS) is 29.4. The topological polar surface area (TPSA) is 55.4 Å². The largest absolute Gasteiger partial charge is 0.374 e. The van der Waals surface area contributed by atoms with E-state index in [0.717, 1.165) is 12.8 Å². The number of hydrogen-bond acceptors (Lipinski definition) is 3. The number of rotatable bonds is 4. The molecule has 0 saturated carbocycles. The summed E-state index contributed by atoms with van der Waals surface area (Å²) in [6, 6.07) is 0. The van der Waals surface area contributed by atoms with Crippen LogP contribution < -0.4 is 4.72 Å². The van der Waals surface area contributed by atoms with E-state index in [1.165, 1.54) is 0 Å². The zero-order valence-corrected chi connectivity index (χ0v) is 9.12. The standard InChI is InChI=1S/C7H14ClNO3S/c1-7(3-2-4-12-7)5-9-13(10,11)6-8/h9H,2-6H2,1H3. The lowest BCUT2D eigenvalue weighted by molar-refractivity contribution is 0.0251. The lowest BCUT2D eigenvalue weighted by atomic mass is 10.0. The van der Waals surface area contributed by atoms with E-state index in [4.69, 9.17) is 16.3 Å². The SMILES string of the molecule is CC1(CNS(=O)(=O)CCl)CCCO1. The summed E-state index contributed by atoms with van der Waals surface area (Å²) in [5, 5.41) is -0.400. The minimum atomic E-state index is -3.31. The van der Waals surface area contributed by atoms with Crippen LogP contribution in [0.2, 0.25) is 0 Å². The van der Waals surface area contributed by atoms with Crippen molar-refractivity contribution in [3.8, 4) is 0 Å². The van der Waals surface area contributed by atoms with Crippen LogP contribution in [0.25, 0.3) is 0 Å². The number of halogens is 1. The smallest absolute Gasteiger partial charge is 0.225 e. The first-order chi connectivity index (χ1) is 5.97. The molecule has 1 atom stereocenters. The number of hydrogen-bond donors (Lipinski definition) is 1. The van der Waals surface area contributed by atoms with Crippen LogP contribution in [-0.4, -0.2) is 32.4 Å². The zero-order valence-electron chi connectivity index (χ0n) is 7.55. The highest BCUT2D eigenvalue weighted by atomic mass is 35.5. The van der Waals surface area contributed by atoms with Gasteiger partial charge in [-0.05, 0) is 19.8 Å². The Morgan fingerprint density at radius 3 is 2.77 bits per heavy atom. The van der Waals surface area contributed by atoms with Gasteiger partial charge in [0.25, 0.3) is 0 Å². The molecule has 1 rings (SSSR count). The van der Waals surface area contributed by atoms with Crippen molar-refractivity contribution in [2.75, 3.05) is 18.4 Å². The first-order valence-electron chi connectivity index (χ1n) is 4.15. The van der Waals surface area contributed by atoms with Gasteiger partial charge < -0.3 is 4.74 Å². The van der Waals surface area contributed by atoms with E-state index >= 15 is 0 Å². The Morgan fingerprint density at radius 2 is 2.31 bits per heavy atom. The molecule has 1 aliphatic rings. The Kier molecular flexibility index (Phi) is 3.57. The average molecular weight is 228 g/mol. The fraction of sp³-hybridized carbons (Fsp3) is 1.00. The number of nitrogens with one attached hydrogen (secondary N) is 1. The Balaban J connectivity index is 2.42. The molecule has 1 heterocycles. The predicted molar refractivity (Wildman–Crippen MR) is 51.2 cm³/mol. The highest BCUT2D eigenvalue weighted by Crippen LogP contribution is 2.24. The van der Waals surface area contributed by atoms with Gasteiger partial charge in [-0.3, -0.25) is 0 Å². The Labute approximate surface area is 83.7 Å². The third-order valence-electron chi connectivity index (χ3n) is 2.11. The van der Waals surface area contributed by atoms with E-state index in [0.29, 0.717) is 13.2 Å². The minimum absolute atomic E-state index is 0.308. The van der Waals surface area contributed by atoms with E-state index in [9.17, 15) is 8.42 Å². The van der Waals surface area contributed by atoms with Crippen molar-refractivity contribution < 1.29 is 13.2 Å². The van der Waals surface area contributed by atoms with E-state index in [1.54, 1.807) is 0 Å². The monoisotopic (exact) mass is 227 g/mol. The highest BCUT2D eigenvalue weighted by Gasteiger charge is 2.30. The van der Waals surface area contributed by atoms with Crippen molar-refractivity contribution in [1.82, 2.24) is 4.72 Å². The molecule has 4 nitrogen and oxygen atoms in total. The van der Waals surface area contributed by atoms with Gasteiger partial charge in [-0.15, -0.1) is 11.6 Å². The van der Waals surface area contributed by atoms with Gasteiger partial charge in [0.2, 0.25) is 10.0 Å². The molecule has 0 aromatic rings. The summed E-state index contributed by atoms with van der Waals surface area (Å²) in [4.78, 5) is 0. The number of sulfonamides is 1. The summed E-state index contributed by atoms with van der Waals surface area (Å²) in [5.41, 5.74) is -0.348. The Hall–Kier alpha value is 0.160. The van der Waals surface area contributed by atoms with Gasteiger partial charge in [0.1, 0.15) is 5.21 Å². The Bertz CT molecular complexity index is 259. The summed E-state index contributed by atoms with van der Waals surface area (Å²) in [6.45, 7) is 2.91. The van der Waals surface area contributed by atoms with Crippen molar-refractivity contribution in [2.24, 2.45) is 0 Å². The summed E-state index contributed by atoms with van der Waals surface area (Å²) in [5.74, 6) is 0. The molecule has 0 bridgehead atoms. The van der Waals surface area contributed by atoms with E-state index in [1.807, 2.05) is 6.92 Å². The third kappa shape index (κ3) is 3.42. The van der Waals surface area contributed by atoms with Crippen molar-refractivity contribution in [1.29, 1.82) is 0 Å². The maximum absolute atomic E-state index is 11.0. The van der Waals surface area contributed by atoms with Gasteiger partial charge in [0, 0.05) is 13.2 Å². The molecule has 1 saturated heterocycles. The molecule has 0 spiro atoms. The van der Waals surface area contributed by atoms with Gasteiger partial charge in [-0.2, -0.15) is 0 Å². The fourth-order valence-corrected chi connectivity index (χ4v) is 2.11. The van der Waals surface area contributed by atoms with E-state index < -0.39 is 15.2 Å². The molecule has 1 fully saturated rings. The second-order valence-electron chi connectivity index (χ2n) is 3.45. The van der Waals surface area contributed by atoms with Crippen LogP contribution in [0.5, 0.6) is 0 Å². The van der Waals surface area contributed by atoms with E-state index in [-0.39, 0.29) is 5.60 Å². The average Bonchev–Trinajstić information content (AvgIpc) is 2.50. The van der Waals surface area contributed by atoms with Crippen molar-refractivity contribution in [3.05, 3.63) is 0 Å². The molecule has 1 N–H and O–H groups in total. The maximum atomic E-state index is 11.0. The molecule has 0 aromatic heterocycles. The molecule has 6 heteroatoms. The summed E-state index contributed by atoms with van der Waals surface area (Å²) < 4.78 is 29.8. The molecule has 78 valence electrons. The molecule has 0 amide bonds. The van der Waals surface area contributed by atoms with Crippen LogP contribution in [0.4, 0.5) is 0 Å². The summed E-state index contributed by atoms with van der Waals surface area (Å²) in [6.07, 6.45) is 1.87. The van der Waals surface area contributed by atoms with Crippen molar-refractivity contribution >= 4 is 21.6 Å². The summed E-state index contributed by atoms with van der Waals surface area (Å²) >= 11 is 5.23. The molecular weight excluding hydrogens is 214 g/mol. The first kappa shape index (κ1) is 11.2. The van der Waals surface area contributed by atoms with Crippen LogP contribution >= 0.6 is 11.6 Å². The second-order valence-corrected chi connectivity index (χ2v) is 5.84. The Morgan fingerprint density at radius 1 is 1.62 bits per heavy atom. The number of ether oxygens (including phenoxy) is 1. The van der Waals surface area contributed by atoms with Gasteiger partial charge >= 0.3 is 0 Å². The van der Waals surface area contributed by atoms with Gasteiger partial charge in [0.15, 0.2) is 0 Å². The molecule has 0 aliphatic carbocycles. The molecule has 0 radical (unpaired) electrons. The molecule has 1 aliphatic heterocycles. The second kappa shape index (κ2) is 4.13. The van der Waals surface area contributed by atoms with E-state index in [2.05, 4.69) is 4.72 Å². The van der Waals surface area contributed by atoms with Crippen LogP contribution in [0, 0.1) is 0 Å². The fourth-order valence-electron chi connectivity index (χ4n) is 1.28. The lowest BCUT2D eigenvalue weighted by Crippen LogP contribution is -2.40. The number of alkyl halides is 1. The molecule has 1 unspecified atom stereocenters. The van der Waals surface area contributed by atoms with Gasteiger partial charge in [0.05, 0.1) is 5.60 Å².